The number of morpholine rings is 1. The van der Waals surface area contributed by atoms with Crippen molar-refractivity contribution in [1.29, 1.82) is 0 Å². The molecule has 1 saturated carbocycles. The van der Waals surface area contributed by atoms with Crippen LogP contribution in [0.1, 0.15) is 46.5 Å². The Balaban J connectivity index is 1.24. The third-order valence-corrected chi connectivity index (χ3v) is 8.84. The van der Waals surface area contributed by atoms with Crippen LogP contribution in [0, 0.1) is 11.2 Å². The van der Waals surface area contributed by atoms with Gasteiger partial charge in [0.1, 0.15) is 16.9 Å². The van der Waals surface area contributed by atoms with Crippen LogP contribution in [0.4, 0.5) is 15.0 Å². The predicted molar refractivity (Wildman–Crippen MR) is 149 cm³/mol. The number of ether oxygens (including phenoxy) is 3. The van der Waals surface area contributed by atoms with Crippen molar-refractivity contribution in [3.05, 3.63) is 22.4 Å². The van der Waals surface area contributed by atoms with Crippen LogP contribution in [-0.4, -0.2) is 96.1 Å². The molecule has 0 N–H and O–H groups in total. The lowest BCUT2D eigenvalue weighted by molar-refractivity contribution is 0.0123. The van der Waals surface area contributed by atoms with E-state index in [1.165, 1.54) is 0 Å². The van der Waals surface area contributed by atoms with E-state index in [2.05, 4.69) is 30.7 Å². The van der Waals surface area contributed by atoms with Crippen LogP contribution in [0.2, 0.25) is 0 Å². The zero-order valence-corrected chi connectivity index (χ0v) is 24.5. The smallest absolute Gasteiger partial charge is 0.410 e. The van der Waals surface area contributed by atoms with E-state index in [1.807, 2.05) is 31.7 Å². The lowest BCUT2D eigenvalue weighted by atomic mass is 10.1. The van der Waals surface area contributed by atoms with E-state index >= 15 is 4.39 Å². The summed E-state index contributed by atoms with van der Waals surface area (Å²) >= 11 is 3.31. The molecule has 0 radical (unpaired) electrons. The highest BCUT2D eigenvalue weighted by molar-refractivity contribution is 9.10. The number of anilines is 1. The molecule has 3 aliphatic heterocycles. The van der Waals surface area contributed by atoms with Gasteiger partial charge in [-0.3, -0.25) is 9.80 Å². The molecule has 39 heavy (non-hydrogen) atoms. The van der Waals surface area contributed by atoms with Crippen LogP contribution in [0.5, 0.6) is 6.01 Å². The average Bonchev–Trinajstić information content (AvgIpc) is 3.60. The third kappa shape index (κ3) is 5.67. The van der Waals surface area contributed by atoms with Gasteiger partial charge in [-0.25, -0.2) is 9.18 Å². The van der Waals surface area contributed by atoms with Crippen LogP contribution >= 0.6 is 15.9 Å². The van der Waals surface area contributed by atoms with Crippen LogP contribution in [0.15, 0.2) is 16.6 Å². The summed E-state index contributed by atoms with van der Waals surface area (Å²) in [6, 6.07) is 3.76. The summed E-state index contributed by atoms with van der Waals surface area (Å²) in [6.07, 6.45) is 3.73. The Hall–Kier alpha value is -2.24. The molecule has 2 unspecified atom stereocenters. The number of aromatic nitrogens is 2. The number of amides is 1. The number of hydrogen-bond acceptors (Lipinski definition) is 8. The van der Waals surface area contributed by atoms with Crippen molar-refractivity contribution in [3.63, 3.8) is 0 Å². The standard InChI is InChI=1S/C28H37BrFN5O4/c1-27(2,3)39-26(36)35-18-4-5-19(35)15-34(14-18)24-20-6-7-21(29)22(30)23(20)31-25(32-24)38-17-28(8-9-28)16-33-10-12-37-13-11-33/h6-7,18-19H,4-5,8-17H2,1-3H3. The second-order valence-electron chi connectivity index (χ2n) is 12.4. The average molecular weight is 607 g/mol. The van der Waals surface area contributed by atoms with E-state index in [9.17, 15) is 4.79 Å². The maximum absolute atomic E-state index is 15.3. The zero-order valence-electron chi connectivity index (χ0n) is 22.9. The van der Waals surface area contributed by atoms with Crippen molar-refractivity contribution in [2.75, 3.05) is 57.4 Å². The van der Waals surface area contributed by atoms with Gasteiger partial charge < -0.3 is 19.1 Å². The summed E-state index contributed by atoms with van der Waals surface area (Å²) in [5.74, 6) is 0.228. The molecule has 2 atom stereocenters. The summed E-state index contributed by atoms with van der Waals surface area (Å²) in [5.41, 5.74) is -0.220. The van der Waals surface area contributed by atoms with E-state index in [1.54, 1.807) is 6.07 Å². The summed E-state index contributed by atoms with van der Waals surface area (Å²) in [4.78, 5) is 28.8. The van der Waals surface area contributed by atoms with Crippen LogP contribution in [0.25, 0.3) is 10.9 Å². The molecular formula is C28H37BrFN5O4. The number of fused-ring (bicyclic) bond motifs is 3. The molecule has 4 aliphatic rings. The number of carbonyl (C=O) groups is 1. The fourth-order valence-electron chi connectivity index (χ4n) is 6.07. The minimum atomic E-state index is -0.547. The Morgan fingerprint density at radius 1 is 1.15 bits per heavy atom. The Morgan fingerprint density at radius 3 is 2.49 bits per heavy atom. The van der Waals surface area contributed by atoms with Gasteiger partial charge in [0.15, 0.2) is 5.82 Å². The molecule has 4 heterocycles. The van der Waals surface area contributed by atoms with Crippen molar-refractivity contribution in [3.8, 4) is 6.01 Å². The van der Waals surface area contributed by atoms with Crippen LogP contribution in [-0.2, 0) is 9.47 Å². The number of rotatable bonds is 6. The Kier molecular flexibility index (Phi) is 7.12. The summed E-state index contributed by atoms with van der Waals surface area (Å²) in [7, 11) is 0. The highest BCUT2D eigenvalue weighted by atomic mass is 79.9. The summed E-state index contributed by atoms with van der Waals surface area (Å²) in [6.45, 7) is 11.7. The van der Waals surface area contributed by atoms with Gasteiger partial charge in [0, 0.05) is 43.5 Å². The maximum atomic E-state index is 15.3. The third-order valence-electron chi connectivity index (χ3n) is 8.23. The van der Waals surface area contributed by atoms with Crippen LogP contribution < -0.4 is 9.64 Å². The fourth-order valence-corrected chi connectivity index (χ4v) is 6.39. The topological polar surface area (TPSA) is 80.3 Å². The van der Waals surface area contributed by atoms with Gasteiger partial charge in [-0.1, -0.05) is 0 Å². The SMILES string of the molecule is CC(C)(C)OC(=O)N1C2CCC1CN(c1nc(OCC3(CN4CCOCC4)CC3)nc3c(F)c(Br)ccc13)C2. The molecular weight excluding hydrogens is 569 g/mol. The van der Waals surface area contributed by atoms with Crippen molar-refractivity contribution in [1.82, 2.24) is 19.8 Å². The molecule has 9 nitrogen and oxygen atoms in total. The number of piperazine rings is 1. The van der Waals surface area contributed by atoms with E-state index in [0.717, 1.165) is 58.5 Å². The molecule has 1 amide bonds. The Morgan fingerprint density at radius 2 is 1.85 bits per heavy atom. The number of carbonyl (C=O) groups excluding carboxylic acids is 1. The number of halogens is 2. The van der Waals surface area contributed by atoms with Gasteiger partial charge in [-0.15, -0.1) is 0 Å². The van der Waals surface area contributed by atoms with Gasteiger partial charge in [0.25, 0.3) is 0 Å². The molecule has 212 valence electrons. The first kappa shape index (κ1) is 27.0. The van der Waals surface area contributed by atoms with Crippen molar-refractivity contribution in [2.24, 2.45) is 5.41 Å². The maximum Gasteiger partial charge on any atom is 0.410 e. The lowest BCUT2D eigenvalue weighted by Gasteiger charge is -2.42. The zero-order chi connectivity index (χ0) is 27.4. The molecule has 6 rings (SSSR count). The number of nitrogens with zero attached hydrogens (tertiary/aromatic N) is 5. The summed E-state index contributed by atoms with van der Waals surface area (Å²) in [5, 5.41) is 0.641. The molecule has 1 aromatic heterocycles. The Bertz CT molecular complexity index is 1230. The molecule has 2 aromatic rings. The van der Waals surface area contributed by atoms with Gasteiger partial charge in [-0.2, -0.15) is 9.97 Å². The highest BCUT2D eigenvalue weighted by Crippen LogP contribution is 2.47. The molecule has 1 aromatic carbocycles. The van der Waals surface area contributed by atoms with Crippen LogP contribution in [0.3, 0.4) is 0 Å². The fraction of sp³-hybridized carbons (Fsp3) is 0.679. The van der Waals surface area contributed by atoms with Crippen molar-refractivity contribution < 1.29 is 23.4 Å². The second-order valence-corrected chi connectivity index (χ2v) is 13.3. The largest absolute Gasteiger partial charge is 0.463 e. The first-order chi connectivity index (χ1) is 18.6. The van der Waals surface area contributed by atoms with Gasteiger partial charge in [0.2, 0.25) is 0 Å². The van der Waals surface area contributed by atoms with E-state index in [4.69, 9.17) is 19.2 Å². The molecule has 11 heteroatoms. The first-order valence-electron chi connectivity index (χ1n) is 14.0. The molecule has 3 saturated heterocycles. The van der Waals surface area contributed by atoms with E-state index in [0.29, 0.717) is 35.4 Å². The van der Waals surface area contributed by atoms with Gasteiger partial charge in [0.05, 0.1) is 36.4 Å². The minimum absolute atomic E-state index is 0.0107. The minimum Gasteiger partial charge on any atom is -0.463 e. The first-order valence-corrected chi connectivity index (χ1v) is 14.8. The van der Waals surface area contributed by atoms with Crippen molar-refractivity contribution >= 4 is 38.7 Å². The van der Waals surface area contributed by atoms with E-state index < -0.39 is 11.4 Å². The van der Waals surface area contributed by atoms with E-state index in [-0.39, 0.29) is 35.1 Å². The normalized spacial score (nSPS) is 24.7. The molecule has 2 bridgehead atoms. The van der Waals surface area contributed by atoms with Gasteiger partial charge >= 0.3 is 12.1 Å². The van der Waals surface area contributed by atoms with Crippen molar-refractivity contribution in [2.45, 2.75) is 64.1 Å². The lowest BCUT2D eigenvalue weighted by Crippen LogP contribution is -2.57. The molecule has 4 fully saturated rings. The molecule has 1 aliphatic carbocycles. The summed E-state index contributed by atoms with van der Waals surface area (Å²) < 4.78 is 33.1. The second kappa shape index (κ2) is 10.3. The van der Waals surface area contributed by atoms with Gasteiger partial charge in [-0.05, 0) is 74.5 Å². The number of benzene rings is 1. The predicted octanol–water partition coefficient (Wildman–Crippen LogP) is 4.61. The molecule has 0 spiro atoms. The highest BCUT2D eigenvalue weighted by Gasteiger charge is 2.46. The Labute approximate surface area is 237 Å². The quantitative estimate of drug-likeness (QED) is 0.472. The monoisotopic (exact) mass is 605 g/mol. The number of hydrogen-bond donors (Lipinski definition) is 0.